The number of nitrogens with two attached hydrogens (primary N) is 1. The van der Waals surface area contributed by atoms with Crippen LogP contribution in [0.1, 0.15) is 70.7 Å². The van der Waals surface area contributed by atoms with Crippen LogP contribution in [0.4, 0.5) is 4.79 Å². The van der Waals surface area contributed by atoms with Gasteiger partial charge in [0.05, 0.1) is 33.0 Å². The molecule has 5 atom stereocenters. The Kier molecular flexibility index (Phi) is 21.8. The summed E-state index contributed by atoms with van der Waals surface area (Å²) in [4.78, 5) is 80.4. The zero-order valence-electron chi connectivity index (χ0n) is 34.1. The average molecular weight is 799 g/mol. The van der Waals surface area contributed by atoms with E-state index in [1.807, 2.05) is 13.8 Å². The van der Waals surface area contributed by atoms with Crippen molar-refractivity contribution in [3.63, 3.8) is 0 Å². The van der Waals surface area contributed by atoms with Gasteiger partial charge in [0.2, 0.25) is 23.6 Å². The van der Waals surface area contributed by atoms with Crippen molar-refractivity contribution in [1.82, 2.24) is 26.6 Å². The molecule has 0 radical (unpaired) electrons. The lowest BCUT2D eigenvalue weighted by Gasteiger charge is -2.28. The van der Waals surface area contributed by atoms with Crippen LogP contribution in [-0.2, 0) is 51.0 Å². The van der Waals surface area contributed by atoms with E-state index in [4.69, 9.17) is 19.9 Å². The molecule has 0 aliphatic heterocycles. The SMILES string of the molecule is C=CCOC[C@H](NC(=O)[C@@H](CC(C)C)NC(=O)[C@@H](NC(=O)[C@@H](C)NC(=O)[C@H](COCC=C)NC(=O)OC(C)(C)C)c1cc(CC=C)c(O)c(CC=C)c1)C(=O)CN. The summed E-state index contributed by atoms with van der Waals surface area (Å²) in [6.45, 7) is 24.0. The summed E-state index contributed by atoms with van der Waals surface area (Å²) in [5.74, 6) is -3.75. The van der Waals surface area contributed by atoms with E-state index in [1.54, 1.807) is 32.9 Å². The van der Waals surface area contributed by atoms with Gasteiger partial charge in [-0.1, -0.05) is 38.2 Å². The molecular formula is C41H62N6O10. The molecule has 1 rings (SSSR count). The molecule has 0 saturated carbocycles. The van der Waals surface area contributed by atoms with Crippen molar-refractivity contribution < 1.29 is 48.1 Å². The molecule has 0 bridgehead atoms. The van der Waals surface area contributed by atoms with E-state index in [0.717, 1.165) is 0 Å². The Morgan fingerprint density at radius 2 is 1.23 bits per heavy atom. The van der Waals surface area contributed by atoms with Gasteiger partial charge in [0.1, 0.15) is 41.6 Å². The molecule has 57 heavy (non-hydrogen) atoms. The number of alkyl carbamates (subject to hydrolysis) is 1. The lowest BCUT2D eigenvalue weighted by atomic mass is 9.94. The molecule has 0 unspecified atom stereocenters. The largest absolute Gasteiger partial charge is 0.507 e. The highest BCUT2D eigenvalue weighted by molar-refractivity contribution is 5.97. The Labute approximate surface area is 336 Å². The first-order chi connectivity index (χ1) is 26.8. The van der Waals surface area contributed by atoms with Crippen molar-refractivity contribution in [1.29, 1.82) is 0 Å². The Morgan fingerprint density at radius 3 is 1.70 bits per heavy atom. The van der Waals surface area contributed by atoms with E-state index in [-0.39, 0.29) is 69.5 Å². The molecule has 0 spiro atoms. The summed E-state index contributed by atoms with van der Waals surface area (Å²) in [5.41, 5.74) is 5.77. The number of aromatic hydroxyl groups is 1. The molecule has 1 aromatic rings. The minimum absolute atomic E-state index is 0.0433. The average Bonchev–Trinajstić information content (AvgIpc) is 3.13. The maximum Gasteiger partial charge on any atom is 0.408 e. The second-order valence-corrected chi connectivity index (χ2v) is 14.6. The van der Waals surface area contributed by atoms with Crippen molar-refractivity contribution in [2.75, 3.05) is 33.0 Å². The van der Waals surface area contributed by atoms with Crippen LogP contribution in [0, 0.1) is 5.92 Å². The Balaban J connectivity index is 3.60. The Hall–Kier alpha value is -5.32. The number of nitrogens with one attached hydrogen (secondary N) is 5. The van der Waals surface area contributed by atoms with Gasteiger partial charge in [-0.2, -0.15) is 0 Å². The maximum atomic E-state index is 14.3. The van der Waals surface area contributed by atoms with Crippen molar-refractivity contribution >= 4 is 35.5 Å². The van der Waals surface area contributed by atoms with Crippen LogP contribution in [0.5, 0.6) is 5.75 Å². The third-order valence-corrected chi connectivity index (χ3v) is 7.95. The quantitative estimate of drug-likeness (QED) is 0.0531. The molecule has 0 aromatic heterocycles. The smallest absolute Gasteiger partial charge is 0.408 e. The summed E-state index contributed by atoms with van der Waals surface area (Å²) in [5, 5.41) is 24.0. The predicted molar refractivity (Wildman–Crippen MR) is 217 cm³/mol. The van der Waals surface area contributed by atoms with E-state index in [0.29, 0.717) is 11.1 Å². The third kappa shape index (κ3) is 18.0. The van der Waals surface area contributed by atoms with Gasteiger partial charge in [-0.05, 0) is 81.7 Å². The minimum atomic E-state index is -1.48. The number of allylic oxidation sites excluding steroid dienone is 2. The molecule has 0 fully saturated rings. The Morgan fingerprint density at radius 1 is 0.719 bits per heavy atom. The fourth-order valence-electron chi connectivity index (χ4n) is 5.28. The number of phenolic OH excluding ortho intramolecular Hbond substituents is 1. The number of rotatable bonds is 26. The van der Waals surface area contributed by atoms with E-state index in [9.17, 15) is 33.9 Å². The summed E-state index contributed by atoms with van der Waals surface area (Å²) in [6, 6.07) is -3.27. The van der Waals surface area contributed by atoms with Gasteiger partial charge in [0.25, 0.3) is 0 Å². The lowest BCUT2D eigenvalue weighted by Crippen LogP contribution is -2.57. The van der Waals surface area contributed by atoms with Gasteiger partial charge in [0, 0.05) is 0 Å². The number of phenols is 1. The molecule has 316 valence electrons. The first-order valence-electron chi connectivity index (χ1n) is 18.7. The highest BCUT2D eigenvalue weighted by Gasteiger charge is 2.33. The van der Waals surface area contributed by atoms with Crippen molar-refractivity contribution in [2.45, 2.75) is 96.6 Å². The van der Waals surface area contributed by atoms with Gasteiger partial charge in [-0.15, -0.1) is 26.3 Å². The molecule has 16 nitrogen and oxygen atoms in total. The predicted octanol–water partition coefficient (Wildman–Crippen LogP) is 2.35. The van der Waals surface area contributed by atoms with Crippen LogP contribution in [0.25, 0.3) is 0 Å². The van der Waals surface area contributed by atoms with Gasteiger partial charge in [-0.3, -0.25) is 24.0 Å². The van der Waals surface area contributed by atoms with Crippen LogP contribution >= 0.6 is 0 Å². The highest BCUT2D eigenvalue weighted by atomic mass is 16.6. The number of carbonyl (C=O) groups excluding carboxylic acids is 6. The zero-order chi connectivity index (χ0) is 43.3. The first-order valence-corrected chi connectivity index (χ1v) is 18.7. The number of hydrogen-bond acceptors (Lipinski definition) is 11. The molecular weight excluding hydrogens is 736 g/mol. The van der Waals surface area contributed by atoms with Crippen LogP contribution in [-0.4, -0.2) is 103 Å². The summed E-state index contributed by atoms with van der Waals surface area (Å²) in [6.07, 6.45) is 5.73. The minimum Gasteiger partial charge on any atom is -0.507 e. The monoisotopic (exact) mass is 798 g/mol. The lowest BCUT2D eigenvalue weighted by molar-refractivity contribution is -0.135. The Bertz CT molecular complexity index is 1560. The van der Waals surface area contributed by atoms with Gasteiger partial charge < -0.3 is 51.6 Å². The number of Topliss-reactive ketones (excluding diaryl/α,β-unsaturated/α-hetero) is 1. The van der Waals surface area contributed by atoms with Gasteiger partial charge in [-0.25, -0.2) is 4.79 Å². The second-order valence-electron chi connectivity index (χ2n) is 14.6. The van der Waals surface area contributed by atoms with Gasteiger partial charge >= 0.3 is 6.09 Å². The van der Waals surface area contributed by atoms with E-state index in [1.165, 1.54) is 31.2 Å². The number of benzene rings is 1. The van der Waals surface area contributed by atoms with Crippen LogP contribution in [0.3, 0.4) is 0 Å². The van der Waals surface area contributed by atoms with E-state index in [2.05, 4.69) is 52.9 Å². The van der Waals surface area contributed by atoms with Crippen molar-refractivity contribution in [3.8, 4) is 5.75 Å². The number of ether oxygens (including phenoxy) is 3. The van der Waals surface area contributed by atoms with Crippen molar-refractivity contribution in [2.24, 2.45) is 11.7 Å². The first kappa shape index (κ1) is 49.7. The summed E-state index contributed by atoms with van der Waals surface area (Å²) in [7, 11) is 0. The van der Waals surface area contributed by atoms with Crippen LogP contribution < -0.4 is 32.3 Å². The maximum absolute atomic E-state index is 14.3. The molecule has 0 saturated heterocycles. The fourth-order valence-corrected chi connectivity index (χ4v) is 5.28. The molecule has 1 aromatic carbocycles. The molecule has 0 aliphatic carbocycles. The van der Waals surface area contributed by atoms with E-state index < -0.39 is 71.3 Å². The molecule has 16 heteroatoms. The molecule has 0 heterocycles. The standard InChI is InChI=1S/C41H62N6O10/c1-11-15-27-20-29(21-28(16-12-2)35(27)49)34(39(53)44-30(19-25(5)6)37(51)45-31(33(48)22-42)23-55-17-13-3)47-36(50)26(7)43-38(52)32(24-56-18-14-4)46-40(54)57-41(8,9)10/h11-14,20-21,25-26,30-32,34,49H,1-4,15-19,22-24,42H2,5-10H3,(H,43,52)(H,44,53)(H,45,51)(H,46,54)(H,47,50)/t26-,30-,31+,32+,34+/m1/s1. The normalized spacial score (nSPS) is 13.8. The third-order valence-electron chi connectivity index (χ3n) is 7.95. The highest BCUT2D eigenvalue weighted by Crippen LogP contribution is 2.29. The molecule has 0 aliphatic rings. The van der Waals surface area contributed by atoms with Crippen LogP contribution in [0.2, 0.25) is 0 Å². The van der Waals surface area contributed by atoms with Crippen LogP contribution in [0.15, 0.2) is 62.8 Å². The number of amides is 5. The molecule has 8 N–H and O–H groups in total. The number of ketones is 1. The fraction of sp³-hybridized carbons (Fsp3) is 0.512. The van der Waals surface area contributed by atoms with Crippen molar-refractivity contribution in [3.05, 3.63) is 79.4 Å². The molecule has 5 amide bonds. The summed E-state index contributed by atoms with van der Waals surface area (Å²) < 4.78 is 16.1. The number of carbonyl (C=O) groups is 6. The van der Waals surface area contributed by atoms with E-state index >= 15 is 0 Å². The second kappa shape index (κ2) is 25.0. The van der Waals surface area contributed by atoms with Gasteiger partial charge in [0.15, 0.2) is 5.78 Å². The summed E-state index contributed by atoms with van der Waals surface area (Å²) >= 11 is 0. The number of hydrogen-bond donors (Lipinski definition) is 7. The topological polar surface area (TPSA) is 237 Å². The zero-order valence-corrected chi connectivity index (χ0v) is 34.1.